The lowest BCUT2D eigenvalue weighted by Gasteiger charge is -2.31. The summed E-state index contributed by atoms with van der Waals surface area (Å²) in [4.78, 5) is 30.0. The smallest absolute Gasteiger partial charge is 0.272 e. The number of fused-ring (bicyclic) bond motifs is 3. The number of anilines is 1. The van der Waals surface area contributed by atoms with Crippen molar-refractivity contribution in [3.63, 3.8) is 0 Å². The van der Waals surface area contributed by atoms with Crippen LogP contribution < -0.4 is 5.73 Å². The summed E-state index contributed by atoms with van der Waals surface area (Å²) >= 11 is 0. The summed E-state index contributed by atoms with van der Waals surface area (Å²) in [5.74, 6) is -0.881. The Morgan fingerprint density at radius 2 is 1.97 bits per heavy atom. The van der Waals surface area contributed by atoms with Gasteiger partial charge in [-0.2, -0.15) is 5.10 Å². The molecule has 1 saturated heterocycles. The molecule has 0 bridgehead atoms. The Morgan fingerprint density at radius 1 is 1.21 bits per heavy atom. The van der Waals surface area contributed by atoms with E-state index in [0.29, 0.717) is 39.3 Å². The molecule has 2 N–H and O–H groups in total. The van der Waals surface area contributed by atoms with Crippen LogP contribution in [0.15, 0.2) is 42.6 Å². The molecular formula is C28H33FN6O3. The Morgan fingerprint density at radius 3 is 2.58 bits per heavy atom. The molecule has 0 saturated carbocycles. The van der Waals surface area contributed by atoms with E-state index < -0.39 is 11.7 Å². The number of carbonyl (C=O) groups excluding carboxylic acids is 2. The van der Waals surface area contributed by atoms with Crippen LogP contribution in [0.2, 0.25) is 0 Å². The van der Waals surface area contributed by atoms with Crippen LogP contribution in [0, 0.1) is 12.7 Å². The minimum Gasteiger partial charge on any atom is -0.383 e. The number of nitrogens with zero attached hydrogens (tertiary/aromatic N) is 5. The van der Waals surface area contributed by atoms with E-state index in [1.807, 2.05) is 0 Å². The van der Waals surface area contributed by atoms with Crippen LogP contribution in [0.1, 0.15) is 48.2 Å². The van der Waals surface area contributed by atoms with Crippen molar-refractivity contribution in [2.24, 2.45) is 7.05 Å². The van der Waals surface area contributed by atoms with Gasteiger partial charge in [0.2, 0.25) is 5.91 Å². The first-order chi connectivity index (χ1) is 18.1. The zero-order chi connectivity index (χ0) is 27.6. The maximum Gasteiger partial charge on any atom is 0.272 e. The molecule has 1 aliphatic heterocycles. The van der Waals surface area contributed by atoms with Gasteiger partial charge in [0.25, 0.3) is 5.91 Å². The summed E-state index contributed by atoms with van der Waals surface area (Å²) in [6, 6.07) is 9.79. The predicted molar refractivity (Wildman–Crippen MR) is 145 cm³/mol. The summed E-state index contributed by atoms with van der Waals surface area (Å²) in [5.41, 5.74) is 8.81. The van der Waals surface area contributed by atoms with Crippen LogP contribution in [-0.2, 0) is 23.1 Å². The van der Waals surface area contributed by atoms with Crippen LogP contribution in [0.4, 0.5) is 10.2 Å². The third kappa shape index (κ3) is 5.60. The summed E-state index contributed by atoms with van der Waals surface area (Å²) in [5, 5.41) is 8.04. The highest BCUT2D eigenvalue weighted by molar-refractivity contribution is 6.10. The molecule has 1 fully saturated rings. The van der Waals surface area contributed by atoms with Crippen molar-refractivity contribution in [1.82, 2.24) is 24.8 Å². The minimum atomic E-state index is -0.447. The molecule has 3 heterocycles. The molecule has 1 aliphatic rings. The number of hydrogen-bond donors (Lipinski definition) is 1. The first-order valence-corrected chi connectivity index (χ1v) is 12.5. The minimum absolute atomic E-state index is 0.0971. The number of hydrazine groups is 1. The number of rotatable bonds is 3. The van der Waals surface area contributed by atoms with Crippen molar-refractivity contribution in [2.75, 3.05) is 19.4 Å². The molecular weight excluding hydrogens is 487 g/mol. The number of carbonyl (C=O) groups is 2. The van der Waals surface area contributed by atoms with Gasteiger partial charge >= 0.3 is 0 Å². The quantitative estimate of drug-likeness (QED) is 0.402. The number of hydrogen-bond acceptors (Lipinski definition) is 6. The van der Waals surface area contributed by atoms with Gasteiger partial charge in [-0.15, -0.1) is 0 Å². The number of nitrogens with two attached hydrogens (primary N) is 1. The fraction of sp³-hybridized carbons (Fsp3) is 0.357. The fourth-order valence-corrected chi connectivity index (χ4v) is 4.40. The first-order valence-electron chi connectivity index (χ1n) is 12.5. The monoisotopic (exact) mass is 520 g/mol. The third-order valence-electron chi connectivity index (χ3n) is 6.69. The second-order valence-corrected chi connectivity index (χ2v) is 9.58. The van der Waals surface area contributed by atoms with Crippen molar-refractivity contribution in [2.45, 2.75) is 46.3 Å². The van der Waals surface area contributed by atoms with Crippen LogP contribution in [0.25, 0.3) is 21.8 Å². The first kappa shape index (κ1) is 27.0. The Labute approximate surface area is 220 Å². The standard InChI is InChI=1S/C23H23FN6O2.C5H10O/c1-13-5-6-16(19(24)9-13)12-30(29(4)14(2)31)23(32)15-7-8-20-17(10-15)21-18(22(25)27-20)11-26-28(21)3;1-5-3-2-4-6-5/h5-11H,12H2,1-4H3,(H2,25,27);5H,2-4H2,1H3. The number of aryl methyl sites for hydroxylation is 2. The molecule has 1 atom stereocenters. The van der Waals surface area contributed by atoms with Crippen molar-refractivity contribution < 1.29 is 18.7 Å². The molecule has 2 amide bonds. The summed E-state index contributed by atoms with van der Waals surface area (Å²) in [7, 11) is 3.26. The van der Waals surface area contributed by atoms with Gasteiger partial charge in [-0.3, -0.25) is 19.3 Å². The summed E-state index contributed by atoms with van der Waals surface area (Å²) in [6.07, 6.45) is 4.70. The Hall–Kier alpha value is -4.05. The number of amides is 2. The highest BCUT2D eigenvalue weighted by Gasteiger charge is 2.24. The number of nitrogen functional groups attached to an aromatic ring is 1. The Bertz CT molecular complexity index is 1500. The zero-order valence-electron chi connectivity index (χ0n) is 22.4. The van der Waals surface area contributed by atoms with E-state index in [9.17, 15) is 14.0 Å². The molecule has 4 aromatic rings. The van der Waals surface area contributed by atoms with Crippen molar-refractivity contribution in [3.8, 4) is 0 Å². The molecule has 200 valence electrons. The number of halogens is 1. The lowest BCUT2D eigenvalue weighted by atomic mass is 10.1. The van der Waals surface area contributed by atoms with Gasteiger partial charge in [-0.25, -0.2) is 14.4 Å². The molecule has 10 heteroatoms. The van der Waals surface area contributed by atoms with Gasteiger partial charge in [0.05, 0.1) is 35.3 Å². The average molecular weight is 521 g/mol. The highest BCUT2D eigenvalue weighted by atomic mass is 19.1. The number of pyridine rings is 1. The molecule has 0 radical (unpaired) electrons. The number of ether oxygens (including phenoxy) is 1. The molecule has 5 rings (SSSR count). The summed E-state index contributed by atoms with van der Waals surface area (Å²) in [6.45, 7) is 6.14. The molecule has 0 aliphatic carbocycles. The van der Waals surface area contributed by atoms with E-state index in [2.05, 4.69) is 17.0 Å². The van der Waals surface area contributed by atoms with E-state index in [4.69, 9.17) is 10.5 Å². The highest BCUT2D eigenvalue weighted by Crippen LogP contribution is 2.28. The maximum absolute atomic E-state index is 14.5. The van der Waals surface area contributed by atoms with E-state index in [-0.39, 0.29) is 12.5 Å². The molecule has 0 spiro atoms. The van der Waals surface area contributed by atoms with E-state index in [0.717, 1.165) is 17.7 Å². The van der Waals surface area contributed by atoms with Crippen molar-refractivity contribution in [1.29, 1.82) is 0 Å². The molecule has 2 aromatic heterocycles. The van der Waals surface area contributed by atoms with Crippen LogP contribution >= 0.6 is 0 Å². The largest absolute Gasteiger partial charge is 0.383 e. The lowest BCUT2D eigenvalue weighted by Crippen LogP contribution is -2.46. The Balaban J connectivity index is 0.000000494. The molecule has 1 unspecified atom stereocenters. The van der Waals surface area contributed by atoms with Gasteiger partial charge < -0.3 is 10.5 Å². The van der Waals surface area contributed by atoms with Gasteiger partial charge in [0.15, 0.2) is 0 Å². The van der Waals surface area contributed by atoms with Gasteiger partial charge in [-0.1, -0.05) is 12.1 Å². The summed E-state index contributed by atoms with van der Waals surface area (Å²) < 4.78 is 21.3. The van der Waals surface area contributed by atoms with Crippen LogP contribution in [0.3, 0.4) is 0 Å². The van der Waals surface area contributed by atoms with Crippen molar-refractivity contribution in [3.05, 3.63) is 65.1 Å². The van der Waals surface area contributed by atoms with E-state index in [1.165, 1.54) is 42.9 Å². The van der Waals surface area contributed by atoms with Crippen LogP contribution in [-0.4, -0.2) is 56.4 Å². The SMILES string of the molecule is CC(=O)N(C)N(Cc1ccc(C)cc1F)C(=O)c1ccc2nc(N)c3cnn(C)c3c2c1.CC1CCCO1. The topological polar surface area (TPSA) is 107 Å². The molecule has 2 aromatic carbocycles. The third-order valence-corrected chi connectivity index (χ3v) is 6.69. The normalized spacial score (nSPS) is 14.8. The lowest BCUT2D eigenvalue weighted by molar-refractivity contribution is -0.140. The van der Waals surface area contributed by atoms with E-state index in [1.54, 1.807) is 55.2 Å². The predicted octanol–water partition coefficient (Wildman–Crippen LogP) is 4.37. The second kappa shape index (κ2) is 11.1. The van der Waals surface area contributed by atoms with Gasteiger partial charge in [-0.05, 0) is 56.5 Å². The zero-order valence-corrected chi connectivity index (χ0v) is 22.4. The molecule has 38 heavy (non-hydrogen) atoms. The number of benzene rings is 2. The van der Waals surface area contributed by atoms with Gasteiger partial charge in [0.1, 0.15) is 11.6 Å². The van der Waals surface area contributed by atoms with E-state index >= 15 is 0 Å². The fourth-order valence-electron chi connectivity index (χ4n) is 4.40. The van der Waals surface area contributed by atoms with Gasteiger partial charge in [0, 0.05) is 44.1 Å². The van der Waals surface area contributed by atoms with Crippen molar-refractivity contribution >= 4 is 39.4 Å². The second-order valence-electron chi connectivity index (χ2n) is 9.58. The Kier molecular flexibility index (Phi) is 7.91. The van der Waals surface area contributed by atoms with Crippen LogP contribution in [0.5, 0.6) is 0 Å². The maximum atomic E-state index is 14.5. The number of aromatic nitrogens is 3. The average Bonchev–Trinajstić information content (AvgIpc) is 3.52. The molecule has 9 nitrogen and oxygen atoms in total.